The van der Waals surface area contributed by atoms with Gasteiger partial charge in [0.1, 0.15) is 16.9 Å². The van der Waals surface area contributed by atoms with Crippen molar-refractivity contribution < 1.29 is 14.6 Å². The van der Waals surface area contributed by atoms with Crippen LogP contribution in [-0.2, 0) is 9.47 Å². The zero-order valence-electron chi connectivity index (χ0n) is 10.6. The second kappa shape index (κ2) is 7.39. The molecule has 7 nitrogen and oxygen atoms in total. The molecule has 0 amide bonds. The van der Waals surface area contributed by atoms with E-state index in [9.17, 15) is 5.11 Å². The Bertz CT molecular complexity index is 507. The zero-order chi connectivity index (χ0) is 13.5. The highest BCUT2D eigenvalue weighted by Crippen LogP contribution is 2.22. The van der Waals surface area contributed by atoms with E-state index in [0.29, 0.717) is 24.6 Å². The number of fused-ring (bicyclic) bond motifs is 1. The largest absolute Gasteiger partial charge is 0.390 e. The molecule has 2 N–H and O–H groups in total. The monoisotopic (exact) mass is 284 g/mol. The molecule has 19 heavy (non-hydrogen) atoms. The standard InChI is InChI=1S/C11H16N4O3S/c1-17-2-3-18-4-8(16)5-19-11-9-10(13-6-12-9)14-7-15-11/h6-8,16H,2-5H2,1H3,(H,12,13,14,15). The molecule has 1 atom stereocenters. The van der Waals surface area contributed by atoms with Gasteiger partial charge >= 0.3 is 0 Å². The zero-order valence-corrected chi connectivity index (χ0v) is 11.4. The van der Waals surface area contributed by atoms with Crippen LogP contribution in [0.25, 0.3) is 11.2 Å². The van der Waals surface area contributed by atoms with Crippen LogP contribution in [0.1, 0.15) is 0 Å². The highest BCUT2D eigenvalue weighted by atomic mass is 32.2. The van der Waals surface area contributed by atoms with Gasteiger partial charge in [0.25, 0.3) is 0 Å². The van der Waals surface area contributed by atoms with Crippen molar-refractivity contribution in [2.45, 2.75) is 11.1 Å². The fraction of sp³-hybridized carbons (Fsp3) is 0.545. The quantitative estimate of drug-likeness (QED) is 0.413. The molecule has 8 heteroatoms. The molecule has 2 heterocycles. The van der Waals surface area contributed by atoms with E-state index in [4.69, 9.17) is 9.47 Å². The third kappa shape index (κ3) is 4.13. The number of nitrogens with one attached hydrogen (secondary N) is 1. The van der Waals surface area contributed by atoms with Crippen molar-refractivity contribution >= 4 is 22.9 Å². The summed E-state index contributed by atoms with van der Waals surface area (Å²) in [5.74, 6) is 0.498. The van der Waals surface area contributed by atoms with Gasteiger partial charge in [-0.15, -0.1) is 11.8 Å². The molecule has 0 fully saturated rings. The number of aliphatic hydroxyl groups is 1. The van der Waals surface area contributed by atoms with Crippen LogP contribution in [0.4, 0.5) is 0 Å². The van der Waals surface area contributed by atoms with Gasteiger partial charge in [-0.1, -0.05) is 0 Å². The minimum absolute atomic E-state index is 0.285. The number of aromatic nitrogens is 4. The van der Waals surface area contributed by atoms with Crippen molar-refractivity contribution in [3.05, 3.63) is 12.7 Å². The molecular formula is C11H16N4O3S. The number of methoxy groups -OCH3 is 1. The predicted octanol–water partition coefficient (Wildman–Crippen LogP) is 0.469. The lowest BCUT2D eigenvalue weighted by Crippen LogP contribution is -2.19. The molecule has 0 aromatic carbocycles. The number of imidazole rings is 1. The van der Waals surface area contributed by atoms with Gasteiger partial charge in [0.15, 0.2) is 5.65 Å². The van der Waals surface area contributed by atoms with Gasteiger partial charge in [0, 0.05) is 12.9 Å². The number of thioether (sulfide) groups is 1. The second-order valence-electron chi connectivity index (χ2n) is 3.81. The summed E-state index contributed by atoms with van der Waals surface area (Å²) in [6.45, 7) is 1.30. The van der Waals surface area contributed by atoms with Crippen LogP contribution < -0.4 is 0 Å². The maximum Gasteiger partial charge on any atom is 0.181 e. The summed E-state index contributed by atoms with van der Waals surface area (Å²) < 4.78 is 10.1. The first-order valence-electron chi connectivity index (χ1n) is 5.83. The van der Waals surface area contributed by atoms with E-state index in [0.717, 1.165) is 10.5 Å². The van der Waals surface area contributed by atoms with Crippen LogP contribution in [0, 0.1) is 0 Å². The summed E-state index contributed by atoms with van der Waals surface area (Å²) in [6.07, 6.45) is 2.50. The molecule has 2 rings (SSSR count). The molecule has 104 valence electrons. The number of hydrogen-bond donors (Lipinski definition) is 2. The molecular weight excluding hydrogens is 268 g/mol. The van der Waals surface area contributed by atoms with Crippen LogP contribution in [0.5, 0.6) is 0 Å². The topological polar surface area (TPSA) is 93.2 Å². The predicted molar refractivity (Wildman–Crippen MR) is 71.1 cm³/mol. The van der Waals surface area contributed by atoms with Gasteiger partial charge in [-0.05, 0) is 0 Å². The molecule has 2 aromatic heterocycles. The summed E-state index contributed by atoms with van der Waals surface area (Å²) >= 11 is 1.44. The molecule has 0 aliphatic carbocycles. The van der Waals surface area contributed by atoms with E-state index in [1.807, 2.05) is 0 Å². The molecule has 0 saturated carbocycles. The average molecular weight is 284 g/mol. The van der Waals surface area contributed by atoms with Crippen LogP contribution in [0.3, 0.4) is 0 Å². The van der Waals surface area contributed by atoms with Gasteiger partial charge in [-0.2, -0.15) is 0 Å². The highest BCUT2D eigenvalue weighted by Gasteiger charge is 2.10. The Labute approximate surface area is 114 Å². The molecule has 0 saturated heterocycles. The summed E-state index contributed by atoms with van der Waals surface area (Å²) in [5.41, 5.74) is 1.42. The van der Waals surface area contributed by atoms with Gasteiger partial charge in [0.05, 0.1) is 32.3 Å². The van der Waals surface area contributed by atoms with Crippen LogP contribution in [-0.4, -0.2) is 63.8 Å². The molecule has 0 spiro atoms. The number of ether oxygens (including phenoxy) is 2. The Balaban J connectivity index is 1.80. The van der Waals surface area contributed by atoms with Crippen LogP contribution in [0.15, 0.2) is 17.7 Å². The van der Waals surface area contributed by atoms with E-state index in [2.05, 4.69) is 19.9 Å². The minimum atomic E-state index is -0.546. The lowest BCUT2D eigenvalue weighted by Gasteiger charge is -2.10. The first kappa shape index (κ1) is 14.2. The first-order chi connectivity index (χ1) is 9.31. The molecule has 0 aliphatic rings. The number of hydrogen-bond acceptors (Lipinski definition) is 7. The summed E-state index contributed by atoms with van der Waals surface area (Å²) in [5, 5.41) is 10.6. The van der Waals surface area contributed by atoms with Crippen molar-refractivity contribution in [3.8, 4) is 0 Å². The average Bonchev–Trinajstić information content (AvgIpc) is 2.90. The third-order valence-corrected chi connectivity index (χ3v) is 3.48. The van der Waals surface area contributed by atoms with Crippen LogP contribution >= 0.6 is 11.8 Å². The Kier molecular flexibility index (Phi) is 5.52. The van der Waals surface area contributed by atoms with E-state index >= 15 is 0 Å². The summed E-state index contributed by atoms with van der Waals surface area (Å²) in [4.78, 5) is 15.2. The molecule has 2 aromatic rings. The fourth-order valence-corrected chi connectivity index (χ4v) is 2.30. The van der Waals surface area contributed by atoms with Gasteiger partial charge in [-0.3, -0.25) is 0 Å². The van der Waals surface area contributed by atoms with E-state index < -0.39 is 6.10 Å². The van der Waals surface area contributed by atoms with E-state index in [-0.39, 0.29) is 6.61 Å². The molecule has 1 unspecified atom stereocenters. The minimum Gasteiger partial charge on any atom is -0.390 e. The molecule has 0 bridgehead atoms. The number of aromatic amines is 1. The number of rotatable bonds is 8. The normalized spacial score (nSPS) is 12.9. The second-order valence-corrected chi connectivity index (χ2v) is 4.82. The maximum absolute atomic E-state index is 9.78. The van der Waals surface area contributed by atoms with Crippen molar-refractivity contribution in [2.75, 3.05) is 32.7 Å². The Morgan fingerprint density at radius 3 is 3.11 bits per heavy atom. The van der Waals surface area contributed by atoms with Gasteiger partial charge in [0.2, 0.25) is 0 Å². The first-order valence-corrected chi connectivity index (χ1v) is 6.81. The number of H-pyrrole nitrogens is 1. The van der Waals surface area contributed by atoms with Crippen molar-refractivity contribution in [2.24, 2.45) is 0 Å². The Morgan fingerprint density at radius 2 is 2.26 bits per heavy atom. The third-order valence-electron chi connectivity index (χ3n) is 2.34. The van der Waals surface area contributed by atoms with Crippen molar-refractivity contribution in [1.82, 2.24) is 19.9 Å². The SMILES string of the molecule is COCCOCC(O)CSc1ncnc2nc[nH]c12. The summed E-state index contributed by atoms with van der Waals surface area (Å²) in [6, 6.07) is 0. The molecule has 0 aliphatic heterocycles. The fourth-order valence-electron chi connectivity index (χ4n) is 1.44. The Morgan fingerprint density at radius 1 is 1.37 bits per heavy atom. The van der Waals surface area contributed by atoms with Crippen molar-refractivity contribution in [3.63, 3.8) is 0 Å². The Hall–Kier alpha value is -1.22. The number of aliphatic hydroxyl groups excluding tert-OH is 1. The molecule has 0 radical (unpaired) electrons. The van der Waals surface area contributed by atoms with Crippen LogP contribution in [0.2, 0.25) is 0 Å². The van der Waals surface area contributed by atoms with E-state index in [1.165, 1.54) is 18.1 Å². The summed E-state index contributed by atoms with van der Waals surface area (Å²) in [7, 11) is 1.61. The maximum atomic E-state index is 9.78. The van der Waals surface area contributed by atoms with Gasteiger partial charge in [-0.25, -0.2) is 15.0 Å². The number of nitrogens with zero attached hydrogens (tertiary/aromatic N) is 3. The van der Waals surface area contributed by atoms with Crippen molar-refractivity contribution in [1.29, 1.82) is 0 Å². The lowest BCUT2D eigenvalue weighted by molar-refractivity contribution is 0.0218. The lowest BCUT2D eigenvalue weighted by atomic mass is 10.4. The highest BCUT2D eigenvalue weighted by molar-refractivity contribution is 7.99. The van der Waals surface area contributed by atoms with Gasteiger partial charge < -0.3 is 19.6 Å². The smallest absolute Gasteiger partial charge is 0.181 e. The van der Waals surface area contributed by atoms with E-state index in [1.54, 1.807) is 13.4 Å².